The Bertz CT molecular complexity index is 415. The maximum atomic E-state index is 13.1. The van der Waals surface area contributed by atoms with Crippen molar-refractivity contribution in [2.75, 3.05) is 7.05 Å². The summed E-state index contributed by atoms with van der Waals surface area (Å²) in [6, 6.07) is 5.31. The smallest absolute Gasteiger partial charge is 0.123 e. The topological polar surface area (TPSA) is 29.3 Å². The molecule has 1 aromatic carbocycles. The second kappa shape index (κ2) is 4.47. The molecule has 1 fully saturated rings. The lowest BCUT2D eigenvalue weighted by Crippen LogP contribution is -2.22. The highest BCUT2D eigenvalue weighted by Crippen LogP contribution is 2.27. The molecule has 0 saturated heterocycles. The summed E-state index contributed by atoms with van der Waals surface area (Å²) in [4.78, 5) is 2.52. The van der Waals surface area contributed by atoms with E-state index in [1.54, 1.807) is 6.07 Å². The van der Waals surface area contributed by atoms with Gasteiger partial charge in [0.2, 0.25) is 0 Å². The maximum absolute atomic E-state index is 13.1. The van der Waals surface area contributed by atoms with Crippen LogP contribution < -0.4 is 5.73 Å². The van der Waals surface area contributed by atoms with Crippen LogP contribution in [0.15, 0.2) is 18.2 Å². The summed E-state index contributed by atoms with van der Waals surface area (Å²) in [6.07, 6.45) is 2.50. The quantitative estimate of drug-likeness (QED) is 0.814. The molecule has 86 valence electrons. The van der Waals surface area contributed by atoms with Gasteiger partial charge in [-0.2, -0.15) is 0 Å². The first kappa shape index (κ1) is 11.5. The van der Waals surface area contributed by atoms with E-state index in [-0.39, 0.29) is 10.8 Å². The van der Waals surface area contributed by atoms with E-state index in [1.165, 1.54) is 25.0 Å². The molecule has 2 N–H and O–H groups in total. The fourth-order valence-corrected chi connectivity index (χ4v) is 2.02. The van der Waals surface area contributed by atoms with Gasteiger partial charge in [-0.05, 0) is 37.6 Å². The molecule has 0 atom stereocenters. The van der Waals surface area contributed by atoms with Crippen molar-refractivity contribution < 1.29 is 4.39 Å². The average molecular weight is 238 g/mol. The van der Waals surface area contributed by atoms with Gasteiger partial charge in [-0.3, -0.25) is 4.90 Å². The molecule has 0 aliphatic heterocycles. The lowest BCUT2D eigenvalue weighted by Gasteiger charge is -2.17. The third-order valence-corrected chi connectivity index (χ3v) is 3.15. The Hall–Kier alpha value is -1.00. The minimum Gasteiger partial charge on any atom is -0.389 e. The van der Waals surface area contributed by atoms with Crippen molar-refractivity contribution in [3.8, 4) is 0 Å². The van der Waals surface area contributed by atoms with Crippen molar-refractivity contribution in [3.63, 3.8) is 0 Å². The van der Waals surface area contributed by atoms with E-state index in [2.05, 4.69) is 11.9 Å². The number of nitrogens with two attached hydrogens (primary N) is 1. The van der Waals surface area contributed by atoms with Gasteiger partial charge < -0.3 is 5.73 Å². The Balaban J connectivity index is 2.21. The zero-order valence-electron chi connectivity index (χ0n) is 9.24. The first-order chi connectivity index (χ1) is 7.58. The second-order valence-corrected chi connectivity index (χ2v) is 4.75. The molecule has 1 aliphatic carbocycles. The van der Waals surface area contributed by atoms with Gasteiger partial charge in [0, 0.05) is 18.2 Å². The van der Waals surface area contributed by atoms with Crippen LogP contribution in [-0.4, -0.2) is 23.0 Å². The highest BCUT2D eigenvalue weighted by molar-refractivity contribution is 7.80. The zero-order valence-corrected chi connectivity index (χ0v) is 10.1. The van der Waals surface area contributed by atoms with Crippen LogP contribution in [0.25, 0.3) is 0 Å². The van der Waals surface area contributed by atoms with E-state index in [1.807, 2.05) is 0 Å². The molecule has 16 heavy (non-hydrogen) atoms. The maximum Gasteiger partial charge on any atom is 0.123 e. The third kappa shape index (κ3) is 2.57. The van der Waals surface area contributed by atoms with E-state index in [0.29, 0.717) is 11.6 Å². The molecule has 2 rings (SSSR count). The number of nitrogens with zero attached hydrogens (tertiary/aromatic N) is 1. The highest BCUT2D eigenvalue weighted by atomic mass is 32.1. The Labute approximate surface area is 100 Å². The molecular formula is C12H15FN2S. The van der Waals surface area contributed by atoms with Crippen LogP contribution in [-0.2, 0) is 6.54 Å². The number of thiocarbonyl (C=S) groups is 1. The summed E-state index contributed by atoms with van der Waals surface area (Å²) in [5.41, 5.74) is 7.26. The SMILES string of the molecule is CN(Cc1ccc(F)cc1C(N)=S)C1CC1. The molecule has 0 bridgehead atoms. The van der Waals surface area contributed by atoms with Crippen molar-refractivity contribution in [3.05, 3.63) is 35.1 Å². The van der Waals surface area contributed by atoms with Crippen LogP contribution in [0, 0.1) is 5.82 Å². The van der Waals surface area contributed by atoms with Gasteiger partial charge in [-0.15, -0.1) is 0 Å². The lowest BCUT2D eigenvalue weighted by molar-refractivity contribution is 0.316. The first-order valence-electron chi connectivity index (χ1n) is 5.36. The first-order valence-corrected chi connectivity index (χ1v) is 5.77. The van der Waals surface area contributed by atoms with E-state index in [4.69, 9.17) is 18.0 Å². The van der Waals surface area contributed by atoms with Crippen LogP contribution in [0.4, 0.5) is 4.39 Å². The minimum atomic E-state index is -0.291. The van der Waals surface area contributed by atoms with Crippen LogP contribution in [0.5, 0.6) is 0 Å². The molecule has 2 nitrogen and oxygen atoms in total. The molecule has 1 aliphatic rings. The van der Waals surface area contributed by atoms with E-state index in [9.17, 15) is 4.39 Å². The molecule has 4 heteroatoms. The standard InChI is InChI=1S/C12H15FN2S/c1-15(10-4-5-10)7-8-2-3-9(13)6-11(8)12(14)16/h2-3,6,10H,4-5,7H2,1H3,(H2,14,16). The van der Waals surface area contributed by atoms with E-state index in [0.717, 1.165) is 12.1 Å². The van der Waals surface area contributed by atoms with Crippen molar-refractivity contribution in [1.82, 2.24) is 4.90 Å². The molecule has 0 radical (unpaired) electrons. The number of rotatable bonds is 4. The normalized spacial score (nSPS) is 15.4. The zero-order chi connectivity index (χ0) is 11.7. The van der Waals surface area contributed by atoms with Crippen LogP contribution >= 0.6 is 12.2 Å². The Morgan fingerprint density at radius 2 is 2.25 bits per heavy atom. The molecule has 1 saturated carbocycles. The molecule has 0 amide bonds. The minimum absolute atomic E-state index is 0.263. The second-order valence-electron chi connectivity index (χ2n) is 4.31. The van der Waals surface area contributed by atoms with E-state index >= 15 is 0 Å². The Morgan fingerprint density at radius 3 is 2.81 bits per heavy atom. The summed E-state index contributed by atoms with van der Waals surface area (Å²) < 4.78 is 13.1. The van der Waals surface area contributed by atoms with Crippen LogP contribution in [0.1, 0.15) is 24.0 Å². The van der Waals surface area contributed by atoms with Gasteiger partial charge in [-0.1, -0.05) is 18.3 Å². The molecule has 0 spiro atoms. The average Bonchev–Trinajstić information content (AvgIpc) is 3.03. The number of hydrogen-bond donors (Lipinski definition) is 1. The lowest BCUT2D eigenvalue weighted by atomic mass is 10.1. The Morgan fingerprint density at radius 1 is 1.56 bits per heavy atom. The van der Waals surface area contributed by atoms with Crippen molar-refractivity contribution in [1.29, 1.82) is 0 Å². The predicted molar refractivity (Wildman–Crippen MR) is 66.8 cm³/mol. The molecule has 1 aromatic rings. The van der Waals surface area contributed by atoms with Crippen LogP contribution in [0.2, 0.25) is 0 Å². The Kier molecular flexibility index (Phi) is 3.21. The molecule has 0 heterocycles. The summed E-state index contributed by atoms with van der Waals surface area (Å²) in [5.74, 6) is -0.291. The summed E-state index contributed by atoms with van der Waals surface area (Å²) in [6.45, 7) is 0.775. The van der Waals surface area contributed by atoms with Gasteiger partial charge in [0.1, 0.15) is 10.8 Å². The van der Waals surface area contributed by atoms with Gasteiger partial charge in [0.15, 0.2) is 0 Å². The molecular weight excluding hydrogens is 223 g/mol. The third-order valence-electron chi connectivity index (χ3n) is 2.93. The summed E-state index contributed by atoms with van der Waals surface area (Å²) in [7, 11) is 2.07. The van der Waals surface area contributed by atoms with Crippen molar-refractivity contribution in [2.45, 2.75) is 25.4 Å². The van der Waals surface area contributed by atoms with Gasteiger partial charge >= 0.3 is 0 Å². The number of halogens is 1. The fraction of sp³-hybridized carbons (Fsp3) is 0.417. The predicted octanol–water partition coefficient (Wildman–Crippen LogP) is 2.05. The van der Waals surface area contributed by atoms with E-state index < -0.39 is 0 Å². The van der Waals surface area contributed by atoms with Gasteiger partial charge in [0.25, 0.3) is 0 Å². The van der Waals surface area contributed by atoms with Gasteiger partial charge in [-0.25, -0.2) is 4.39 Å². The van der Waals surface area contributed by atoms with Crippen molar-refractivity contribution in [2.24, 2.45) is 5.73 Å². The molecule has 0 aromatic heterocycles. The number of hydrogen-bond acceptors (Lipinski definition) is 2. The number of benzene rings is 1. The van der Waals surface area contributed by atoms with Gasteiger partial charge in [0.05, 0.1) is 0 Å². The monoisotopic (exact) mass is 238 g/mol. The molecule has 0 unspecified atom stereocenters. The van der Waals surface area contributed by atoms with Crippen LogP contribution in [0.3, 0.4) is 0 Å². The summed E-state index contributed by atoms with van der Waals surface area (Å²) >= 11 is 4.94. The fourth-order valence-electron chi connectivity index (χ4n) is 1.83. The largest absolute Gasteiger partial charge is 0.389 e. The van der Waals surface area contributed by atoms with Crippen molar-refractivity contribution >= 4 is 17.2 Å². The highest BCUT2D eigenvalue weighted by Gasteiger charge is 2.26. The summed E-state index contributed by atoms with van der Waals surface area (Å²) in [5, 5.41) is 0.